The first kappa shape index (κ1) is 14.4. The molecule has 0 amide bonds. The molecule has 0 aliphatic rings. The Balaban J connectivity index is 2.27. The molecule has 104 valence electrons. The molecule has 4 heteroatoms. The molecule has 3 nitrogen and oxygen atoms in total. The van der Waals surface area contributed by atoms with E-state index in [0.29, 0.717) is 0 Å². The molecule has 2 aromatic rings. The van der Waals surface area contributed by atoms with Crippen molar-refractivity contribution in [3.63, 3.8) is 0 Å². The van der Waals surface area contributed by atoms with Gasteiger partial charge in [0.2, 0.25) is 0 Å². The van der Waals surface area contributed by atoms with Crippen molar-refractivity contribution in [2.45, 2.75) is 45.4 Å². The van der Waals surface area contributed by atoms with Gasteiger partial charge in [-0.1, -0.05) is 18.2 Å². The van der Waals surface area contributed by atoms with Gasteiger partial charge in [0.15, 0.2) is 0 Å². The van der Waals surface area contributed by atoms with Crippen molar-refractivity contribution >= 4 is 22.3 Å². The molecule has 1 heterocycles. The van der Waals surface area contributed by atoms with Crippen molar-refractivity contribution in [1.82, 2.24) is 4.72 Å². The molecule has 0 radical (unpaired) electrons. The molecule has 0 fully saturated rings. The first-order valence-electron chi connectivity index (χ1n) is 6.47. The normalized spacial score (nSPS) is 15.7. The molecule has 19 heavy (non-hydrogen) atoms. The molecule has 0 saturated heterocycles. The van der Waals surface area contributed by atoms with Crippen LogP contribution in [0.5, 0.6) is 0 Å². The summed E-state index contributed by atoms with van der Waals surface area (Å²) in [5.74, 6) is 0.860. The highest BCUT2D eigenvalue weighted by atomic mass is 32.2. The van der Waals surface area contributed by atoms with Gasteiger partial charge in [-0.2, -0.15) is 0 Å². The summed E-state index contributed by atoms with van der Waals surface area (Å²) in [5, 5.41) is 1.12. The first-order valence-corrected chi connectivity index (χ1v) is 7.62. The van der Waals surface area contributed by atoms with Crippen LogP contribution in [-0.2, 0) is 11.4 Å². The van der Waals surface area contributed by atoms with E-state index in [1.165, 1.54) is 0 Å². The van der Waals surface area contributed by atoms with Crippen molar-refractivity contribution < 1.29 is 8.97 Å². The van der Waals surface area contributed by atoms with Crippen LogP contribution in [0.1, 0.15) is 45.1 Å². The lowest BCUT2D eigenvalue weighted by Gasteiger charge is -2.25. The van der Waals surface area contributed by atoms with Crippen LogP contribution >= 0.6 is 0 Å². The molecule has 0 aliphatic heterocycles. The van der Waals surface area contributed by atoms with Crippen LogP contribution in [0.4, 0.5) is 0 Å². The molecule has 1 aromatic heterocycles. The molecule has 1 N–H and O–H groups in total. The van der Waals surface area contributed by atoms with Gasteiger partial charge >= 0.3 is 0 Å². The number of fused-ring (bicyclic) bond motifs is 1. The minimum absolute atomic E-state index is 0.0764. The molecular weight excluding hydrogens is 258 g/mol. The zero-order valence-electron chi connectivity index (χ0n) is 12.1. The van der Waals surface area contributed by atoms with E-state index in [2.05, 4.69) is 4.72 Å². The lowest BCUT2D eigenvalue weighted by Crippen LogP contribution is -2.40. The highest BCUT2D eigenvalue weighted by Crippen LogP contribution is 2.30. The molecule has 0 bridgehead atoms. The monoisotopic (exact) mass is 279 g/mol. The van der Waals surface area contributed by atoms with Crippen molar-refractivity contribution in [1.29, 1.82) is 0 Å². The van der Waals surface area contributed by atoms with E-state index in [-0.39, 0.29) is 10.8 Å². The fraction of sp³-hybridized carbons (Fsp3) is 0.467. The van der Waals surface area contributed by atoms with Gasteiger partial charge in [0.25, 0.3) is 0 Å². The molecule has 0 saturated carbocycles. The second kappa shape index (κ2) is 5.19. The lowest BCUT2D eigenvalue weighted by atomic mass is 10.1. The smallest absolute Gasteiger partial charge is 0.136 e. The highest BCUT2D eigenvalue weighted by molar-refractivity contribution is 7.90. The second-order valence-electron chi connectivity index (χ2n) is 5.81. The molecular formula is C15H21NO2S. The summed E-state index contributed by atoms with van der Waals surface area (Å²) >= 11 is -1.11. The number of benzene rings is 1. The quantitative estimate of drug-likeness (QED) is 0.868. The topological polar surface area (TPSA) is 48.2 Å². The van der Waals surface area contributed by atoms with E-state index < -0.39 is 11.4 Å². The fourth-order valence-corrected chi connectivity index (χ4v) is 2.78. The van der Waals surface area contributed by atoms with Gasteiger partial charge < -0.3 is 8.97 Å². The summed E-state index contributed by atoms with van der Waals surface area (Å²) in [6.07, 6.45) is 0. The maximum Gasteiger partial charge on any atom is 0.136 e. The van der Waals surface area contributed by atoms with Crippen molar-refractivity contribution in [3.05, 3.63) is 35.6 Å². The number of furan rings is 1. The maximum absolute atomic E-state index is 12.1. The largest absolute Gasteiger partial charge is 0.598 e. The minimum Gasteiger partial charge on any atom is -0.598 e. The van der Waals surface area contributed by atoms with Gasteiger partial charge in [-0.05, 0) is 40.7 Å². The summed E-state index contributed by atoms with van der Waals surface area (Å²) in [5.41, 5.74) is 1.99. The Labute approximate surface area is 117 Å². The van der Waals surface area contributed by atoms with Crippen LogP contribution in [0, 0.1) is 6.92 Å². The molecule has 1 aromatic carbocycles. The number of hydrogen-bond donors (Lipinski definition) is 1. The summed E-state index contributed by atoms with van der Waals surface area (Å²) in [4.78, 5) is 0. The zero-order valence-corrected chi connectivity index (χ0v) is 12.9. The van der Waals surface area contributed by atoms with Crippen molar-refractivity contribution in [2.24, 2.45) is 0 Å². The molecule has 2 rings (SSSR count). The van der Waals surface area contributed by atoms with Gasteiger partial charge in [0, 0.05) is 22.3 Å². The Kier molecular flexibility index (Phi) is 3.95. The van der Waals surface area contributed by atoms with Crippen LogP contribution < -0.4 is 4.72 Å². The Hall–Kier alpha value is -0.970. The van der Waals surface area contributed by atoms with Crippen molar-refractivity contribution in [3.8, 4) is 0 Å². The first-order chi connectivity index (χ1) is 8.80. The van der Waals surface area contributed by atoms with E-state index in [4.69, 9.17) is 4.42 Å². The Morgan fingerprint density at radius 2 is 1.89 bits per heavy atom. The number of para-hydroxylation sites is 1. The Bertz CT molecular complexity index is 571. The second-order valence-corrected chi connectivity index (χ2v) is 7.81. The summed E-state index contributed by atoms with van der Waals surface area (Å²) < 4.78 is 20.8. The van der Waals surface area contributed by atoms with Crippen LogP contribution in [-0.4, -0.2) is 9.30 Å². The summed E-state index contributed by atoms with van der Waals surface area (Å²) in [6, 6.07) is 7.89. The van der Waals surface area contributed by atoms with Crippen LogP contribution in [0.15, 0.2) is 28.7 Å². The van der Waals surface area contributed by atoms with E-state index in [1.807, 2.05) is 58.9 Å². The van der Waals surface area contributed by atoms with E-state index in [1.54, 1.807) is 0 Å². The highest BCUT2D eigenvalue weighted by Gasteiger charge is 2.30. The van der Waals surface area contributed by atoms with E-state index in [0.717, 1.165) is 22.3 Å². The maximum atomic E-state index is 12.1. The van der Waals surface area contributed by atoms with Gasteiger partial charge in [-0.25, -0.2) is 0 Å². The summed E-state index contributed by atoms with van der Waals surface area (Å²) in [6.45, 7) is 9.88. The van der Waals surface area contributed by atoms with Crippen LogP contribution in [0.3, 0.4) is 0 Å². The predicted octanol–water partition coefficient (Wildman–Crippen LogP) is 3.85. The van der Waals surface area contributed by atoms with Crippen LogP contribution in [0.2, 0.25) is 0 Å². The number of rotatable bonds is 3. The zero-order chi connectivity index (χ0) is 14.2. The van der Waals surface area contributed by atoms with E-state index >= 15 is 0 Å². The standard InChI is InChI=1S/C15H21NO2S/c1-10-12-8-6-7-9-13(12)18-14(10)11(2)16-19(17)15(3,4)5/h6-9,11,16H,1-5H3/t11-,19?/m1/s1. The molecule has 0 aliphatic carbocycles. The Morgan fingerprint density at radius 3 is 2.47 bits per heavy atom. The third kappa shape index (κ3) is 2.96. The van der Waals surface area contributed by atoms with Crippen LogP contribution in [0.25, 0.3) is 11.0 Å². The third-order valence-electron chi connectivity index (χ3n) is 3.11. The predicted molar refractivity (Wildman–Crippen MR) is 80.4 cm³/mol. The number of hydrogen-bond acceptors (Lipinski definition) is 3. The SMILES string of the molecule is Cc1c([C@@H](C)N[S+]([O-])C(C)(C)C)oc2ccccc12. The van der Waals surface area contributed by atoms with Gasteiger partial charge in [0.1, 0.15) is 22.1 Å². The Morgan fingerprint density at radius 1 is 1.26 bits per heavy atom. The molecule has 1 unspecified atom stereocenters. The summed E-state index contributed by atoms with van der Waals surface area (Å²) in [7, 11) is 0. The number of aryl methyl sites for hydroxylation is 1. The van der Waals surface area contributed by atoms with Gasteiger partial charge in [0.05, 0.1) is 0 Å². The van der Waals surface area contributed by atoms with Gasteiger partial charge in [-0.15, -0.1) is 4.72 Å². The molecule has 0 spiro atoms. The van der Waals surface area contributed by atoms with E-state index in [9.17, 15) is 4.55 Å². The average Bonchev–Trinajstić information content (AvgIpc) is 2.66. The fourth-order valence-electron chi connectivity index (χ4n) is 2.00. The minimum atomic E-state index is -1.11. The molecule has 2 atom stereocenters. The average molecular weight is 279 g/mol. The lowest BCUT2D eigenvalue weighted by molar-refractivity contribution is 0.472. The van der Waals surface area contributed by atoms with Gasteiger partial charge in [-0.3, -0.25) is 0 Å². The number of nitrogens with one attached hydrogen (secondary N) is 1. The third-order valence-corrected chi connectivity index (χ3v) is 4.79. The van der Waals surface area contributed by atoms with Crippen molar-refractivity contribution in [2.75, 3.05) is 0 Å².